The Labute approximate surface area is 128 Å². The average molecular weight is 294 g/mol. The summed E-state index contributed by atoms with van der Waals surface area (Å²) in [6, 6.07) is 12.0. The number of hydrogen-bond acceptors (Lipinski definition) is 2. The number of benzene rings is 1. The summed E-state index contributed by atoms with van der Waals surface area (Å²) in [4.78, 5) is 17.7. The van der Waals surface area contributed by atoms with Crippen molar-refractivity contribution in [3.8, 4) is 0 Å². The van der Waals surface area contributed by atoms with E-state index in [1.807, 2.05) is 41.4 Å². The molecule has 1 aromatic carbocycles. The van der Waals surface area contributed by atoms with E-state index in [2.05, 4.69) is 11.1 Å². The minimum atomic E-state index is 0.193. The molecule has 2 aromatic heterocycles. The van der Waals surface area contributed by atoms with Crippen molar-refractivity contribution in [3.05, 3.63) is 60.2 Å². The highest BCUT2D eigenvalue weighted by atomic mass is 16.3. The molecule has 1 amide bonds. The molecule has 112 valence electrons. The van der Waals surface area contributed by atoms with Crippen LogP contribution in [0.15, 0.2) is 53.3 Å². The number of rotatable bonds is 3. The topological polar surface area (TPSA) is 49.2 Å². The minimum absolute atomic E-state index is 0.193. The first-order chi connectivity index (χ1) is 10.8. The number of carbonyl (C=O) groups is 1. The third-order valence-electron chi connectivity index (χ3n) is 4.50. The highest BCUT2D eigenvalue weighted by Gasteiger charge is 2.29. The summed E-state index contributed by atoms with van der Waals surface area (Å²) in [5.41, 5.74) is 2.15. The molecule has 1 N–H and O–H groups in total. The number of H-pyrrole nitrogens is 1. The van der Waals surface area contributed by atoms with E-state index in [0.29, 0.717) is 12.3 Å². The highest BCUT2D eigenvalue weighted by Crippen LogP contribution is 2.28. The molecule has 4 heteroatoms. The Bertz CT molecular complexity index is 788. The fourth-order valence-electron chi connectivity index (χ4n) is 3.30. The zero-order valence-corrected chi connectivity index (χ0v) is 12.3. The second-order valence-electron chi connectivity index (χ2n) is 5.88. The van der Waals surface area contributed by atoms with E-state index < -0.39 is 0 Å². The second-order valence-corrected chi connectivity index (χ2v) is 5.88. The number of para-hydroxylation sites is 1. The summed E-state index contributed by atoms with van der Waals surface area (Å²) < 4.78 is 5.47. The first-order valence-electron chi connectivity index (χ1n) is 7.67. The van der Waals surface area contributed by atoms with E-state index in [1.165, 1.54) is 0 Å². The van der Waals surface area contributed by atoms with Crippen LogP contribution in [0.25, 0.3) is 10.9 Å². The summed E-state index contributed by atoms with van der Waals surface area (Å²) in [6.07, 6.45) is 5.08. The molecule has 0 bridgehead atoms. The summed E-state index contributed by atoms with van der Waals surface area (Å²) >= 11 is 0. The van der Waals surface area contributed by atoms with Gasteiger partial charge in [-0.3, -0.25) is 4.79 Å². The van der Waals surface area contributed by atoms with Crippen LogP contribution < -0.4 is 0 Å². The maximum Gasteiger partial charge on any atom is 0.227 e. The van der Waals surface area contributed by atoms with Gasteiger partial charge in [-0.15, -0.1) is 0 Å². The van der Waals surface area contributed by atoms with Crippen LogP contribution in [-0.4, -0.2) is 28.9 Å². The Kier molecular flexibility index (Phi) is 3.22. The van der Waals surface area contributed by atoms with Crippen LogP contribution in [0.3, 0.4) is 0 Å². The van der Waals surface area contributed by atoms with Crippen LogP contribution >= 0.6 is 0 Å². The van der Waals surface area contributed by atoms with Gasteiger partial charge in [-0.1, -0.05) is 18.2 Å². The number of likely N-dealkylation sites (tertiary alicyclic amines) is 1. The van der Waals surface area contributed by atoms with Crippen molar-refractivity contribution in [1.29, 1.82) is 0 Å². The van der Waals surface area contributed by atoms with E-state index in [9.17, 15) is 4.79 Å². The Balaban J connectivity index is 1.47. The van der Waals surface area contributed by atoms with E-state index >= 15 is 0 Å². The van der Waals surface area contributed by atoms with Gasteiger partial charge in [-0.25, -0.2) is 0 Å². The molecular formula is C18H18N2O2. The molecule has 4 nitrogen and oxygen atoms in total. The summed E-state index contributed by atoms with van der Waals surface area (Å²) in [5, 5.41) is 1.14. The lowest BCUT2D eigenvalue weighted by molar-refractivity contribution is -0.129. The number of nitrogens with one attached hydrogen (secondary N) is 1. The van der Waals surface area contributed by atoms with Crippen molar-refractivity contribution in [2.45, 2.75) is 18.8 Å². The van der Waals surface area contributed by atoms with Gasteiger partial charge in [0.25, 0.3) is 0 Å². The maximum absolute atomic E-state index is 12.6. The predicted molar refractivity (Wildman–Crippen MR) is 84.6 cm³/mol. The molecule has 1 unspecified atom stereocenters. The smallest absolute Gasteiger partial charge is 0.227 e. The number of carbonyl (C=O) groups excluding carboxylic acids is 1. The quantitative estimate of drug-likeness (QED) is 0.805. The first-order valence-corrected chi connectivity index (χ1v) is 7.67. The number of amides is 1. The molecule has 0 aliphatic carbocycles. The molecule has 0 radical (unpaired) electrons. The number of aromatic nitrogens is 1. The SMILES string of the molecule is O=C(Cc1c[nH]c2ccccc12)N1CCC(c2ccco2)C1. The first kappa shape index (κ1) is 13.2. The lowest BCUT2D eigenvalue weighted by Crippen LogP contribution is -2.29. The standard InChI is InChI=1S/C18H18N2O2/c21-18(10-14-11-19-16-5-2-1-4-15(14)16)20-8-7-13(12-20)17-6-3-9-22-17/h1-6,9,11,13,19H,7-8,10,12H2. The normalized spacial score (nSPS) is 18.2. The summed E-state index contributed by atoms with van der Waals surface area (Å²) in [6.45, 7) is 1.57. The number of nitrogens with zero attached hydrogens (tertiary/aromatic N) is 1. The Morgan fingerprint density at radius 3 is 3.05 bits per heavy atom. The molecular weight excluding hydrogens is 276 g/mol. The molecule has 3 aromatic rings. The van der Waals surface area contributed by atoms with E-state index in [4.69, 9.17) is 4.42 Å². The monoisotopic (exact) mass is 294 g/mol. The maximum atomic E-state index is 12.6. The van der Waals surface area contributed by atoms with Crippen molar-refractivity contribution in [1.82, 2.24) is 9.88 Å². The number of furan rings is 1. The molecule has 0 spiro atoms. The lowest BCUT2D eigenvalue weighted by Gasteiger charge is -2.15. The largest absolute Gasteiger partial charge is 0.469 e. The molecule has 4 rings (SSSR count). The van der Waals surface area contributed by atoms with Crippen LogP contribution in [0.4, 0.5) is 0 Å². The van der Waals surface area contributed by atoms with Crippen molar-refractivity contribution >= 4 is 16.8 Å². The average Bonchev–Trinajstić information content (AvgIpc) is 3.28. The van der Waals surface area contributed by atoms with Gasteiger partial charge in [0, 0.05) is 36.1 Å². The van der Waals surface area contributed by atoms with Crippen molar-refractivity contribution in [3.63, 3.8) is 0 Å². The zero-order chi connectivity index (χ0) is 14.9. The van der Waals surface area contributed by atoms with Gasteiger partial charge < -0.3 is 14.3 Å². The van der Waals surface area contributed by atoms with E-state index in [-0.39, 0.29) is 5.91 Å². The van der Waals surface area contributed by atoms with Crippen LogP contribution in [-0.2, 0) is 11.2 Å². The molecule has 1 aliphatic rings. The van der Waals surface area contributed by atoms with E-state index in [1.54, 1.807) is 6.26 Å². The molecule has 1 atom stereocenters. The van der Waals surface area contributed by atoms with Gasteiger partial charge in [-0.05, 0) is 30.2 Å². The van der Waals surface area contributed by atoms with Gasteiger partial charge in [0.15, 0.2) is 0 Å². The van der Waals surface area contributed by atoms with Crippen LogP contribution in [0.2, 0.25) is 0 Å². The number of fused-ring (bicyclic) bond motifs is 1. The molecule has 1 saturated heterocycles. The third-order valence-corrected chi connectivity index (χ3v) is 4.50. The fraction of sp³-hybridized carbons (Fsp3) is 0.278. The molecule has 1 aliphatic heterocycles. The molecule has 22 heavy (non-hydrogen) atoms. The fourth-order valence-corrected chi connectivity index (χ4v) is 3.30. The van der Waals surface area contributed by atoms with Crippen molar-refractivity contribution < 1.29 is 9.21 Å². The Morgan fingerprint density at radius 1 is 1.27 bits per heavy atom. The zero-order valence-electron chi connectivity index (χ0n) is 12.3. The Hall–Kier alpha value is -2.49. The number of hydrogen-bond donors (Lipinski definition) is 1. The van der Waals surface area contributed by atoms with Crippen LogP contribution in [0.5, 0.6) is 0 Å². The predicted octanol–water partition coefficient (Wildman–Crippen LogP) is 3.32. The second kappa shape index (κ2) is 5.37. The third kappa shape index (κ3) is 2.30. The molecule has 3 heterocycles. The van der Waals surface area contributed by atoms with Crippen LogP contribution in [0, 0.1) is 0 Å². The highest BCUT2D eigenvalue weighted by molar-refractivity contribution is 5.89. The Morgan fingerprint density at radius 2 is 2.18 bits per heavy atom. The van der Waals surface area contributed by atoms with Crippen molar-refractivity contribution in [2.75, 3.05) is 13.1 Å². The summed E-state index contributed by atoms with van der Waals surface area (Å²) in [5.74, 6) is 1.52. The van der Waals surface area contributed by atoms with Gasteiger partial charge >= 0.3 is 0 Å². The van der Waals surface area contributed by atoms with Crippen LogP contribution in [0.1, 0.15) is 23.7 Å². The minimum Gasteiger partial charge on any atom is -0.469 e. The van der Waals surface area contributed by atoms with E-state index in [0.717, 1.165) is 41.7 Å². The molecule has 0 saturated carbocycles. The van der Waals surface area contributed by atoms with Crippen molar-refractivity contribution in [2.24, 2.45) is 0 Å². The lowest BCUT2D eigenvalue weighted by atomic mass is 10.1. The van der Waals surface area contributed by atoms with Gasteiger partial charge in [0.2, 0.25) is 5.91 Å². The van der Waals surface area contributed by atoms with Gasteiger partial charge in [0.05, 0.1) is 12.7 Å². The summed E-state index contributed by atoms with van der Waals surface area (Å²) in [7, 11) is 0. The van der Waals surface area contributed by atoms with Gasteiger partial charge in [-0.2, -0.15) is 0 Å². The molecule has 1 fully saturated rings. The number of aromatic amines is 1. The van der Waals surface area contributed by atoms with Gasteiger partial charge in [0.1, 0.15) is 5.76 Å².